The van der Waals surface area contributed by atoms with E-state index in [1.54, 1.807) is 42.5 Å². The molecule has 0 N–H and O–H groups in total. The lowest BCUT2D eigenvalue weighted by atomic mass is 10.0. The molecule has 0 aliphatic carbocycles. The van der Waals surface area contributed by atoms with Crippen molar-refractivity contribution in [3.05, 3.63) is 95.3 Å². The van der Waals surface area contributed by atoms with E-state index in [4.69, 9.17) is 9.47 Å². The number of amides is 1. The highest BCUT2D eigenvalue weighted by atomic mass is 19.1. The zero-order chi connectivity index (χ0) is 30.6. The molecule has 6 nitrogen and oxygen atoms in total. The molecular formula is C36H45FN2O4. The fourth-order valence-corrected chi connectivity index (χ4v) is 5.53. The first-order valence-corrected chi connectivity index (χ1v) is 15.6. The van der Waals surface area contributed by atoms with E-state index >= 15 is 0 Å². The highest BCUT2D eigenvalue weighted by Crippen LogP contribution is 2.28. The quantitative estimate of drug-likeness (QED) is 0.138. The van der Waals surface area contributed by atoms with Crippen LogP contribution in [0, 0.1) is 5.82 Å². The molecule has 230 valence electrons. The molecule has 3 aromatic rings. The maximum atomic E-state index is 13.4. The van der Waals surface area contributed by atoms with Gasteiger partial charge < -0.3 is 14.4 Å². The number of carbonyl (C=O) groups is 2. The smallest absolute Gasteiger partial charge is 0.260 e. The number of carbonyl (C=O) groups excluding carboxylic acids is 2. The Bertz CT molecular complexity index is 1310. The first-order chi connectivity index (χ1) is 20.9. The predicted octanol–water partition coefficient (Wildman–Crippen LogP) is 7.30. The van der Waals surface area contributed by atoms with Crippen LogP contribution in [0.25, 0.3) is 0 Å². The van der Waals surface area contributed by atoms with Crippen LogP contribution in [-0.4, -0.2) is 59.9 Å². The number of halogens is 1. The van der Waals surface area contributed by atoms with E-state index in [1.807, 2.05) is 30.0 Å². The molecule has 1 fully saturated rings. The molecule has 0 bridgehead atoms. The summed E-state index contributed by atoms with van der Waals surface area (Å²) in [5.74, 6) is 0.429. The van der Waals surface area contributed by atoms with Gasteiger partial charge in [-0.1, -0.05) is 81.5 Å². The maximum absolute atomic E-state index is 13.4. The molecular weight excluding hydrogens is 543 g/mol. The predicted molar refractivity (Wildman–Crippen MR) is 168 cm³/mol. The van der Waals surface area contributed by atoms with Gasteiger partial charge in [0, 0.05) is 43.3 Å². The van der Waals surface area contributed by atoms with Crippen LogP contribution >= 0.6 is 0 Å². The molecule has 4 rings (SSSR count). The largest absolute Gasteiger partial charge is 0.493 e. The minimum atomic E-state index is -0.246. The van der Waals surface area contributed by atoms with Crippen LogP contribution in [0.1, 0.15) is 80.8 Å². The van der Waals surface area contributed by atoms with Gasteiger partial charge >= 0.3 is 0 Å². The molecule has 1 heterocycles. The number of hydrogen-bond donors (Lipinski definition) is 0. The van der Waals surface area contributed by atoms with E-state index in [1.165, 1.54) is 37.8 Å². The van der Waals surface area contributed by atoms with E-state index in [0.29, 0.717) is 48.9 Å². The van der Waals surface area contributed by atoms with Gasteiger partial charge in [0.2, 0.25) is 0 Å². The minimum absolute atomic E-state index is 0.0230. The molecule has 1 amide bonds. The van der Waals surface area contributed by atoms with Crippen LogP contribution in [0.4, 0.5) is 4.39 Å². The average Bonchev–Trinajstić information content (AvgIpc) is 3.02. The first-order valence-electron chi connectivity index (χ1n) is 15.6. The lowest BCUT2D eigenvalue weighted by Gasteiger charge is -2.44. The Kier molecular flexibility index (Phi) is 12.2. The SMILES string of the molecule is CCCCCCCCOc1ccc(C(=O)c2ccccc2)c(OCC(=O)N2C[C@@H](C)N(Cc3ccc(F)cc3)C[C@@H]2C)c1. The molecule has 1 saturated heterocycles. The third-order valence-electron chi connectivity index (χ3n) is 8.09. The molecule has 0 saturated carbocycles. The fraction of sp³-hybridized carbons (Fsp3) is 0.444. The van der Waals surface area contributed by atoms with Gasteiger partial charge in [-0.2, -0.15) is 0 Å². The van der Waals surface area contributed by atoms with Crippen molar-refractivity contribution in [3.8, 4) is 11.5 Å². The summed E-state index contributed by atoms with van der Waals surface area (Å²) in [5, 5.41) is 0. The van der Waals surface area contributed by atoms with Crippen molar-refractivity contribution in [2.45, 2.75) is 77.9 Å². The molecule has 0 spiro atoms. The highest BCUT2D eigenvalue weighted by molar-refractivity contribution is 6.10. The molecule has 0 unspecified atom stereocenters. The standard InChI is InChI=1S/C36H45FN2O4/c1-4-5-6-7-8-12-21-42-32-19-20-33(36(41)30-13-10-9-11-14-30)34(22-32)43-26-35(40)39-24-27(2)38(23-28(39)3)25-29-15-17-31(37)18-16-29/h9-11,13-20,22,27-28H,4-8,12,21,23-26H2,1-3H3/t27-,28+/m1/s1. The zero-order valence-electron chi connectivity index (χ0n) is 25.8. The molecule has 0 aromatic heterocycles. The Labute approximate surface area is 255 Å². The Morgan fingerprint density at radius 1 is 0.837 bits per heavy atom. The van der Waals surface area contributed by atoms with Crippen molar-refractivity contribution in [1.29, 1.82) is 0 Å². The Balaban J connectivity index is 1.39. The molecule has 1 aliphatic heterocycles. The summed E-state index contributed by atoms with van der Waals surface area (Å²) in [5.41, 5.74) is 1.99. The van der Waals surface area contributed by atoms with Crippen molar-refractivity contribution in [2.75, 3.05) is 26.3 Å². The van der Waals surface area contributed by atoms with Crippen LogP contribution in [0.5, 0.6) is 11.5 Å². The van der Waals surface area contributed by atoms with Crippen molar-refractivity contribution in [2.24, 2.45) is 0 Å². The Morgan fingerprint density at radius 2 is 1.56 bits per heavy atom. The lowest BCUT2D eigenvalue weighted by molar-refractivity contribution is -0.139. The second-order valence-corrected chi connectivity index (χ2v) is 11.6. The molecule has 2 atom stereocenters. The van der Waals surface area contributed by atoms with Crippen molar-refractivity contribution >= 4 is 11.7 Å². The number of rotatable bonds is 15. The molecule has 1 aliphatic rings. The van der Waals surface area contributed by atoms with E-state index < -0.39 is 0 Å². The summed E-state index contributed by atoms with van der Waals surface area (Å²) in [6, 6.07) is 21.0. The number of piperazine rings is 1. The number of ether oxygens (including phenoxy) is 2. The summed E-state index contributed by atoms with van der Waals surface area (Å²) in [6.45, 7) is 8.70. The lowest BCUT2D eigenvalue weighted by Crippen LogP contribution is -2.58. The molecule has 3 aromatic carbocycles. The number of benzene rings is 3. The average molecular weight is 589 g/mol. The fourth-order valence-electron chi connectivity index (χ4n) is 5.53. The summed E-state index contributed by atoms with van der Waals surface area (Å²) < 4.78 is 25.4. The van der Waals surface area contributed by atoms with Crippen LogP contribution in [-0.2, 0) is 11.3 Å². The Morgan fingerprint density at radius 3 is 2.30 bits per heavy atom. The monoisotopic (exact) mass is 588 g/mol. The van der Waals surface area contributed by atoms with Gasteiger partial charge in [0.05, 0.1) is 12.2 Å². The van der Waals surface area contributed by atoms with Gasteiger partial charge in [0.1, 0.15) is 17.3 Å². The van der Waals surface area contributed by atoms with Crippen LogP contribution in [0.15, 0.2) is 72.8 Å². The van der Waals surface area contributed by atoms with E-state index in [9.17, 15) is 14.0 Å². The summed E-state index contributed by atoms with van der Waals surface area (Å²) in [6.07, 6.45) is 7.03. The molecule has 7 heteroatoms. The van der Waals surface area contributed by atoms with Crippen LogP contribution in [0.3, 0.4) is 0 Å². The number of hydrogen-bond acceptors (Lipinski definition) is 5. The van der Waals surface area contributed by atoms with Crippen molar-refractivity contribution in [1.82, 2.24) is 9.80 Å². The van der Waals surface area contributed by atoms with Gasteiger partial charge in [-0.25, -0.2) is 4.39 Å². The Hall–Kier alpha value is -3.71. The second-order valence-electron chi connectivity index (χ2n) is 11.6. The second kappa shape index (κ2) is 16.2. The maximum Gasteiger partial charge on any atom is 0.260 e. The van der Waals surface area contributed by atoms with E-state index in [0.717, 1.165) is 18.4 Å². The normalized spacial score (nSPS) is 17.1. The number of ketones is 1. The highest BCUT2D eigenvalue weighted by Gasteiger charge is 2.32. The van der Waals surface area contributed by atoms with Gasteiger partial charge in [-0.15, -0.1) is 0 Å². The topological polar surface area (TPSA) is 59.1 Å². The zero-order valence-corrected chi connectivity index (χ0v) is 25.8. The van der Waals surface area contributed by atoms with Gasteiger partial charge in [-0.3, -0.25) is 14.5 Å². The third-order valence-corrected chi connectivity index (χ3v) is 8.09. The van der Waals surface area contributed by atoms with E-state index in [2.05, 4.69) is 18.7 Å². The number of unbranched alkanes of at least 4 members (excludes halogenated alkanes) is 5. The molecule has 43 heavy (non-hydrogen) atoms. The summed E-state index contributed by atoms with van der Waals surface area (Å²) >= 11 is 0. The molecule has 0 radical (unpaired) electrons. The number of nitrogens with zero attached hydrogens (tertiary/aromatic N) is 2. The minimum Gasteiger partial charge on any atom is -0.493 e. The summed E-state index contributed by atoms with van der Waals surface area (Å²) in [7, 11) is 0. The van der Waals surface area contributed by atoms with Crippen LogP contribution < -0.4 is 9.47 Å². The van der Waals surface area contributed by atoms with Gasteiger partial charge in [0.25, 0.3) is 5.91 Å². The van der Waals surface area contributed by atoms with Crippen LogP contribution in [0.2, 0.25) is 0 Å². The van der Waals surface area contributed by atoms with E-state index in [-0.39, 0.29) is 36.2 Å². The van der Waals surface area contributed by atoms with Crippen molar-refractivity contribution in [3.63, 3.8) is 0 Å². The first kappa shape index (κ1) is 32.2. The van der Waals surface area contributed by atoms with Gasteiger partial charge in [-0.05, 0) is 50.1 Å². The van der Waals surface area contributed by atoms with Crippen molar-refractivity contribution < 1.29 is 23.5 Å². The summed E-state index contributed by atoms with van der Waals surface area (Å²) in [4.78, 5) is 30.9. The third kappa shape index (κ3) is 9.39. The van der Waals surface area contributed by atoms with Gasteiger partial charge in [0.15, 0.2) is 12.4 Å².